The molecular formula is C20H26N4O. The van der Waals surface area contributed by atoms with Crippen LogP contribution >= 0.6 is 0 Å². The maximum Gasteiger partial charge on any atom is 0.244 e. The van der Waals surface area contributed by atoms with Gasteiger partial charge in [0.15, 0.2) is 0 Å². The Balaban J connectivity index is 1.70. The SMILES string of the molecule is Cc1cccc([C@@H](C(=O)N2CCN(c3cccnc3)CC2)N(C)C)c1. The maximum atomic E-state index is 13.1. The summed E-state index contributed by atoms with van der Waals surface area (Å²) in [4.78, 5) is 23.6. The minimum absolute atomic E-state index is 0.182. The van der Waals surface area contributed by atoms with Crippen molar-refractivity contribution in [3.63, 3.8) is 0 Å². The first-order chi connectivity index (χ1) is 12.1. The van der Waals surface area contributed by atoms with Crippen molar-refractivity contribution in [1.29, 1.82) is 0 Å². The van der Waals surface area contributed by atoms with Crippen LogP contribution in [0, 0.1) is 6.92 Å². The molecular weight excluding hydrogens is 312 g/mol. The van der Waals surface area contributed by atoms with Crippen LogP contribution in [0.1, 0.15) is 17.2 Å². The van der Waals surface area contributed by atoms with Gasteiger partial charge in [0.05, 0.1) is 11.9 Å². The second-order valence-corrected chi connectivity index (χ2v) is 6.80. The topological polar surface area (TPSA) is 39.7 Å². The van der Waals surface area contributed by atoms with Gasteiger partial charge in [-0.25, -0.2) is 0 Å². The number of piperazine rings is 1. The minimum atomic E-state index is -0.232. The number of benzene rings is 1. The van der Waals surface area contributed by atoms with E-state index in [9.17, 15) is 4.79 Å². The lowest BCUT2D eigenvalue weighted by Gasteiger charge is -2.38. The lowest BCUT2D eigenvalue weighted by atomic mass is 10.0. The van der Waals surface area contributed by atoms with Gasteiger partial charge in [0.1, 0.15) is 6.04 Å². The van der Waals surface area contributed by atoms with Crippen LogP contribution in [0.2, 0.25) is 0 Å². The molecule has 0 saturated carbocycles. The number of likely N-dealkylation sites (N-methyl/N-ethyl adjacent to an activating group) is 1. The van der Waals surface area contributed by atoms with Crippen LogP contribution in [-0.4, -0.2) is 61.0 Å². The molecule has 0 radical (unpaired) electrons. The summed E-state index contributed by atoms with van der Waals surface area (Å²) in [6, 6.07) is 12.0. The summed E-state index contributed by atoms with van der Waals surface area (Å²) < 4.78 is 0. The summed E-state index contributed by atoms with van der Waals surface area (Å²) in [5, 5.41) is 0. The number of hydrogen-bond donors (Lipinski definition) is 0. The number of carbonyl (C=O) groups excluding carboxylic acids is 1. The summed E-state index contributed by atoms with van der Waals surface area (Å²) in [5.41, 5.74) is 3.36. The van der Waals surface area contributed by atoms with Crippen LogP contribution in [0.25, 0.3) is 0 Å². The first-order valence-electron chi connectivity index (χ1n) is 8.73. The van der Waals surface area contributed by atoms with Crippen LogP contribution in [-0.2, 0) is 4.79 Å². The van der Waals surface area contributed by atoms with Gasteiger partial charge in [-0.15, -0.1) is 0 Å². The third kappa shape index (κ3) is 3.99. The van der Waals surface area contributed by atoms with E-state index in [-0.39, 0.29) is 11.9 Å². The summed E-state index contributed by atoms with van der Waals surface area (Å²) in [6.07, 6.45) is 3.67. The molecule has 0 bridgehead atoms. The van der Waals surface area contributed by atoms with Crippen molar-refractivity contribution in [3.8, 4) is 0 Å². The average Bonchev–Trinajstić information content (AvgIpc) is 2.62. The standard InChI is InChI=1S/C20H26N4O/c1-16-6-4-7-17(14-16)19(22(2)3)20(25)24-12-10-23(11-13-24)18-8-5-9-21-15-18/h4-9,14-15,19H,10-13H2,1-3H3/t19-/m0/s1. The van der Waals surface area contributed by atoms with E-state index in [0.717, 1.165) is 37.4 Å². The molecule has 1 aliphatic rings. The van der Waals surface area contributed by atoms with E-state index in [1.165, 1.54) is 5.56 Å². The predicted octanol–water partition coefficient (Wildman–Crippen LogP) is 2.34. The molecule has 5 heteroatoms. The molecule has 0 aliphatic carbocycles. The van der Waals surface area contributed by atoms with Gasteiger partial charge in [0, 0.05) is 32.4 Å². The Bertz CT molecular complexity index is 709. The first kappa shape index (κ1) is 17.4. The van der Waals surface area contributed by atoms with Crippen molar-refractivity contribution in [2.75, 3.05) is 45.2 Å². The van der Waals surface area contributed by atoms with E-state index >= 15 is 0 Å². The van der Waals surface area contributed by atoms with Gasteiger partial charge >= 0.3 is 0 Å². The first-order valence-corrected chi connectivity index (χ1v) is 8.73. The van der Waals surface area contributed by atoms with Gasteiger partial charge < -0.3 is 9.80 Å². The Morgan fingerprint density at radius 2 is 1.88 bits per heavy atom. The van der Waals surface area contributed by atoms with Gasteiger partial charge in [-0.3, -0.25) is 14.7 Å². The zero-order chi connectivity index (χ0) is 17.8. The van der Waals surface area contributed by atoms with Gasteiger partial charge in [0.25, 0.3) is 0 Å². The Kier molecular flexibility index (Phi) is 5.34. The lowest BCUT2D eigenvalue weighted by molar-refractivity contribution is -0.136. The third-order valence-electron chi connectivity index (χ3n) is 4.71. The third-order valence-corrected chi connectivity index (χ3v) is 4.71. The number of nitrogens with zero attached hydrogens (tertiary/aromatic N) is 4. The highest BCUT2D eigenvalue weighted by Crippen LogP contribution is 2.23. The average molecular weight is 338 g/mol. The van der Waals surface area contributed by atoms with E-state index < -0.39 is 0 Å². The van der Waals surface area contributed by atoms with Crippen molar-refractivity contribution < 1.29 is 4.79 Å². The van der Waals surface area contributed by atoms with Crippen LogP contribution in [0.15, 0.2) is 48.8 Å². The highest BCUT2D eigenvalue weighted by atomic mass is 16.2. The number of anilines is 1. The molecule has 132 valence electrons. The van der Waals surface area contributed by atoms with Crippen LogP contribution in [0.3, 0.4) is 0 Å². The summed E-state index contributed by atoms with van der Waals surface area (Å²) in [6.45, 7) is 5.22. The molecule has 1 aliphatic heterocycles. The molecule has 0 unspecified atom stereocenters. The van der Waals surface area contributed by atoms with Crippen molar-refractivity contribution in [1.82, 2.24) is 14.8 Å². The summed E-state index contributed by atoms with van der Waals surface area (Å²) in [5.74, 6) is 0.182. The molecule has 2 aromatic rings. The number of rotatable bonds is 4. The molecule has 1 saturated heterocycles. The Hall–Kier alpha value is -2.40. The largest absolute Gasteiger partial charge is 0.367 e. The highest BCUT2D eigenvalue weighted by molar-refractivity contribution is 5.83. The molecule has 5 nitrogen and oxygen atoms in total. The second kappa shape index (κ2) is 7.66. The van der Waals surface area contributed by atoms with Crippen molar-refractivity contribution in [2.24, 2.45) is 0 Å². The van der Waals surface area contributed by atoms with Crippen molar-refractivity contribution >= 4 is 11.6 Å². The number of carbonyl (C=O) groups is 1. The summed E-state index contributed by atoms with van der Waals surface area (Å²) in [7, 11) is 3.94. The van der Waals surface area contributed by atoms with Crippen LogP contribution in [0.4, 0.5) is 5.69 Å². The van der Waals surface area contributed by atoms with Crippen LogP contribution < -0.4 is 4.90 Å². The van der Waals surface area contributed by atoms with Gasteiger partial charge in [0.2, 0.25) is 5.91 Å². The summed E-state index contributed by atoms with van der Waals surface area (Å²) >= 11 is 0. The Morgan fingerprint density at radius 1 is 1.12 bits per heavy atom. The number of amides is 1. The fraction of sp³-hybridized carbons (Fsp3) is 0.400. The van der Waals surface area contributed by atoms with E-state index in [4.69, 9.17) is 0 Å². The number of pyridine rings is 1. The molecule has 1 fully saturated rings. The molecule has 1 amide bonds. The second-order valence-electron chi connectivity index (χ2n) is 6.80. The van der Waals surface area contributed by atoms with Gasteiger partial charge in [-0.1, -0.05) is 29.8 Å². The van der Waals surface area contributed by atoms with Crippen molar-refractivity contribution in [3.05, 3.63) is 59.9 Å². The van der Waals surface area contributed by atoms with Crippen LogP contribution in [0.5, 0.6) is 0 Å². The molecule has 2 heterocycles. The highest BCUT2D eigenvalue weighted by Gasteiger charge is 2.30. The van der Waals surface area contributed by atoms with Crippen molar-refractivity contribution in [2.45, 2.75) is 13.0 Å². The minimum Gasteiger partial charge on any atom is -0.367 e. The maximum absolute atomic E-state index is 13.1. The lowest BCUT2D eigenvalue weighted by Crippen LogP contribution is -2.51. The molecule has 25 heavy (non-hydrogen) atoms. The molecule has 1 aromatic heterocycles. The van der Waals surface area contributed by atoms with Gasteiger partial charge in [-0.05, 0) is 38.7 Å². The zero-order valence-corrected chi connectivity index (χ0v) is 15.2. The fourth-order valence-corrected chi connectivity index (χ4v) is 3.40. The number of hydrogen-bond acceptors (Lipinski definition) is 4. The van der Waals surface area contributed by atoms with E-state index in [1.807, 2.05) is 48.3 Å². The Morgan fingerprint density at radius 3 is 2.48 bits per heavy atom. The monoisotopic (exact) mass is 338 g/mol. The molecule has 0 N–H and O–H groups in total. The predicted molar refractivity (Wildman–Crippen MR) is 101 cm³/mol. The molecule has 1 aromatic carbocycles. The van der Waals surface area contributed by atoms with E-state index in [1.54, 1.807) is 6.20 Å². The molecule has 3 rings (SSSR count). The number of aryl methyl sites for hydroxylation is 1. The molecule has 1 atom stereocenters. The quantitative estimate of drug-likeness (QED) is 0.858. The fourth-order valence-electron chi connectivity index (χ4n) is 3.40. The Labute approximate surface area is 149 Å². The smallest absolute Gasteiger partial charge is 0.244 e. The van der Waals surface area contributed by atoms with E-state index in [2.05, 4.69) is 35.0 Å². The molecule has 0 spiro atoms. The number of aromatic nitrogens is 1. The van der Waals surface area contributed by atoms with Gasteiger partial charge in [-0.2, -0.15) is 0 Å². The zero-order valence-electron chi connectivity index (χ0n) is 15.2. The normalized spacial score (nSPS) is 16.2. The van der Waals surface area contributed by atoms with E-state index in [0.29, 0.717) is 0 Å².